The lowest BCUT2D eigenvalue weighted by atomic mass is 10.1. The highest BCUT2D eigenvalue weighted by Crippen LogP contribution is 2.29. The maximum Gasteiger partial charge on any atom is 0.240 e. The summed E-state index contributed by atoms with van der Waals surface area (Å²) in [6.07, 6.45) is 7.44. The molecule has 0 saturated heterocycles. The molecule has 0 aliphatic heterocycles. The molecular weight excluding hydrogens is 226 g/mol. The molecule has 0 unspecified atom stereocenters. The molecule has 1 atom stereocenters. The van der Waals surface area contributed by atoms with E-state index in [0.29, 0.717) is 12.6 Å². The minimum atomic E-state index is -0.350. The quantitative estimate of drug-likeness (QED) is 0.832. The lowest BCUT2D eigenvalue weighted by molar-refractivity contribution is -0.134. The van der Waals surface area contributed by atoms with E-state index < -0.39 is 0 Å². The van der Waals surface area contributed by atoms with Gasteiger partial charge in [0.2, 0.25) is 5.91 Å². The van der Waals surface area contributed by atoms with Gasteiger partial charge in [-0.15, -0.1) is 0 Å². The maximum atomic E-state index is 12.3. The van der Waals surface area contributed by atoms with Crippen LogP contribution in [0.15, 0.2) is 24.5 Å². The summed E-state index contributed by atoms with van der Waals surface area (Å²) in [5.41, 5.74) is 7.06. The summed E-state index contributed by atoms with van der Waals surface area (Å²) < 4.78 is 0. The molecule has 18 heavy (non-hydrogen) atoms. The summed E-state index contributed by atoms with van der Waals surface area (Å²) in [7, 11) is 0. The Morgan fingerprint density at radius 1 is 1.50 bits per heavy atom. The second-order valence-corrected chi connectivity index (χ2v) is 4.95. The van der Waals surface area contributed by atoms with Crippen molar-refractivity contribution in [2.75, 3.05) is 0 Å². The number of amides is 1. The number of carbonyl (C=O) groups is 1. The lowest BCUT2D eigenvalue weighted by Crippen LogP contribution is -2.44. The predicted octanol–water partition coefficient (Wildman–Crippen LogP) is 1.70. The molecule has 0 spiro atoms. The van der Waals surface area contributed by atoms with Crippen molar-refractivity contribution in [1.29, 1.82) is 0 Å². The molecule has 0 radical (unpaired) electrons. The van der Waals surface area contributed by atoms with Crippen molar-refractivity contribution in [3.05, 3.63) is 30.1 Å². The van der Waals surface area contributed by atoms with Crippen molar-refractivity contribution in [1.82, 2.24) is 9.88 Å². The van der Waals surface area contributed by atoms with Gasteiger partial charge in [-0.25, -0.2) is 0 Å². The van der Waals surface area contributed by atoms with Gasteiger partial charge < -0.3 is 10.6 Å². The number of hydrogen-bond donors (Lipinski definition) is 1. The first kappa shape index (κ1) is 13.0. The molecule has 0 aromatic carbocycles. The normalized spacial score (nSPS) is 16.3. The second-order valence-electron chi connectivity index (χ2n) is 4.95. The smallest absolute Gasteiger partial charge is 0.240 e. The van der Waals surface area contributed by atoms with Crippen LogP contribution >= 0.6 is 0 Å². The van der Waals surface area contributed by atoms with E-state index in [4.69, 9.17) is 5.73 Å². The Morgan fingerprint density at radius 3 is 2.72 bits per heavy atom. The van der Waals surface area contributed by atoms with Gasteiger partial charge in [0.05, 0.1) is 6.04 Å². The van der Waals surface area contributed by atoms with E-state index in [1.165, 1.54) is 0 Å². The second kappa shape index (κ2) is 5.96. The largest absolute Gasteiger partial charge is 0.334 e. The van der Waals surface area contributed by atoms with E-state index in [9.17, 15) is 4.79 Å². The van der Waals surface area contributed by atoms with Crippen molar-refractivity contribution >= 4 is 5.91 Å². The van der Waals surface area contributed by atoms with Crippen molar-refractivity contribution in [2.45, 2.75) is 51.2 Å². The van der Waals surface area contributed by atoms with E-state index in [1.807, 2.05) is 17.0 Å². The molecule has 1 aromatic heterocycles. The fraction of sp³-hybridized carbons (Fsp3) is 0.571. The van der Waals surface area contributed by atoms with Gasteiger partial charge in [0.15, 0.2) is 0 Å². The van der Waals surface area contributed by atoms with Crippen molar-refractivity contribution < 1.29 is 4.79 Å². The molecule has 0 bridgehead atoms. The molecule has 1 aliphatic carbocycles. The molecule has 1 amide bonds. The van der Waals surface area contributed by atoms with Crippen LogP contribution in [-0.4, -0.2) is 27.9 Å². The van der Waals surface area contributed by atoms with Gasteiger partial charge in [0, 0.05) is 25.0 Å². The number of aromatic nitrogens is 1. The summed E-state index contributed by atoms with van der Waals surface area (Å²) in [5, 5.41) is 0. The first-order valence-corrected chi connectivity index (χ1v) is 6.67. The first-order chi connectivity index (χ1) is 8.72. The Bertz CT molecular complexity index is 389. The Balaban J connectivity index is 2.02. The highest BCUT2D eigenvalue weighted by Gasteiger charge is 2.34. The molecule has 2 rings (SSSR count). The maximum absolute atomic E-state index is 12.3. The highest BCUT2D eigenvalue weighted by molar-refractivity contribution is 5.82. The van der Waals surface area contributed by atoms with Gasteiger partial charge in [-0.1, -0.05) is 13.3 Å². The zero-order chi connectivity index (χ0) is 13.0. The minimum Gasteiger partial charge on any atom is -0.334 e. The monoisotopic (exact) mass is 247 g/mol. The molecule has 4 nitrogen and oxygen atoms in total. The van der Waals surface area contributed by atoms with Crippen LogP contribution in [-0.2, 0) is 11.3 Å². The van der Waals surface area contributed by atoms with Crippen LogP contribution < -0.4 is 5.73 Å². The average Bonchev–Trinajstić information content (AvgIpc) is 3.21. The van der Waals surface area contributed by atoms with Gasteiger partial charge in [-0.05, 0) is 37.0 Å². The third-order valence-electron chi connectivity index (χ3n) is 3.29. The number of rotatable bonds is 6. The topological polar surface area (TPSA) is 59.2 Å². The predicted molar refractivity (Wildman–Crippen MR) is 70.7 cm³/mol. The van der Waals surface area contributed by atoms with Gasteiger partial charge in [-0.2, -0.15) is 0 Å². The summed E-state index contributed by atoms with van der Waals surface area (Å²) in [6, 6.07) is 3.95. The first-order valence-electron chi connectivity index (χ1n) is 6.67. The Kier molecular flexibility index (Phi) is 4.31. The van der Waals surface area contributed by atoms with E-state index in [-0.39, 0.29) is 11.9 Å². The van der Waals surface area contributed by atoms with Gasteiger partial charge in [-0.3, -0.25) is 9.78 Å². The third-order valence-corrected chi connectivity index (χ3v) is 3.29. The summed E-state index contributed by atoms with van der Waals surface area (Å²) in [6.45, 7) is 2.71. The van der Waals surface area contributed by atoms with E-state index >= 15 is 0 Å². The lowest BCUT2D eigenvalue weighted by Gasteiger charge is -2.25. The molecule has 98 valence electrons. The fourth-order valence-corrected chi connectivity index (χ4v) is 2.11. The summed E-state index contributed by atoms with van der Waals surface area (Å²) in [4.78, 5) is 18.2. The molecule has 1 aromatic rings. The van der Waals surface area contributed by atoms with Crippen LogP contribution in [0, 0.1) is 0 Å². The summed E-state index contributed by atoms with van der Waals surface area (Å²) in [5.74, 6) is 0.0937. The molecule has 1 heterocycles. The van der Waals surface area contributed by atoms with Crippen LogP contribution in [0.2, 0.25) is 0 Å². The molecule has 2 N–H and O–H groups in total. The molecular formula is C14H21N3O. The number of pyridine rings is 1. The fourth-order valence-electron chi connectivity index (χ4n) is 2.11. The van der Waals surface area contributed by atoms with Crippen LogP contribution in [0.25, 0.3) is 0 Å². The van der Waals surface area contributed by atoms with E-state index in [1.54, 1.807) is 12.4 Å². The van der Waals surface area contributed by atoms with E-state index in [0.717, 1.165) is 31.2 Å². The van der Waals surface area contributed by atoms with Gasteiger partial charge in [0.1, 0.15) is 0 Å². The van der Waals surface area contributed by atoms with Crippen molar-refractivity contribution in [2.24, 2.45) is 5.73 Å². The highest BCUT2D eigenvalue weighted by atomic mass is 16.2. The Labute approximate surface area is 108 Å². The molecule has 1 aliphatic rings. The molecule has 1 saturated carbocycles. The number of nitrogens with zero attached hydrogens (tertiary/aromatic N) is 2. The van der Waals surface area contributed by atoms with Crippen molar-refractivity contribution in [3.8, 4) is 0 Å². The number of nitrogens with two attached hydrogens (primary N) is 1. The standard InChI is InChI=1S/C14H21N3O/c1-2-3-13(15)14(18)17(12-4-5-12)10-11-6-8-16-9-7-11/h6-9,12-13H,2-5,10,15H2,1H3/t13-/m1/s1. The molecule has 4 heteroatoms. The third kappa shape index (κ3) is 3.29. The van der Waals surface area contributed by atoms with Crippen LogP contribution in [0.1, 0.15) is 38.2 Å². The van der Waals surface area contributed by atoms with Crippen molar-refractivity contribution in [3.63, 3.8) is 0 Å². The minimum absolute atomic E-state index is 0.0937. The van der Waals surface area contributed by atoms with E-state index in [2.05, 4.69) is 11.9 Å². The Hall–Kier alpha value is -1.42. The van der Waals surface area contributed by atoms with Crippen LogP contribution in [0.3, 0.4) is 0 Å². The molecule has 1 fully saturated rings. The zero-order valence-electron chi connectivity index (χ0n) is 10.9. The SMILES string of the molecule is CCC[C@@H](N)C(=O)N(Cc1ccncc1)C1CC1. The average molecular weight is 247 g/mol. The Morgan fingerprint density at radius 2 is 2.17 bits per heavy atom. The van der Waals surface area contributed by atoms with Crippen LogP contribution in [0.4, 0.5) is 0 Å². The van der Waals surface area contributed by atoms with Crippen LogP contribution in [0.5, 0.6) is 0 Å². The number of carbonyl (C=O) groups excluding carboxylic acids is 1. The summed E-state index contributed by atoms with van der Waals surface area (Å²) >= 11 is 0. The zero-order valence-corrected chi connectivity index (χ0v) is 10.9. The number of hydrogen-bond acceptors (Lipinski definition) is 3. The van der Waals surface area contributed by atoms with Gasteiger partial charge >= 0.3 is 0 Å². The van der Waals surface area contributed by atoms with Gasteiger partial charge in [0.25, 0.3) is 0 Å².